The molecular weight excluding hydrogens is 466 g/mol. The molecule has 198 valence electrons. The first-order valence-electron chi connectivity index (χ1n) is 12.6. The van der Waals surface area contributed by atoms with Crippen LogP contribution in [0, 0.1) is 5.92 Å². The number of nitrogens with zero attached hydrogens (tertiary/aromatic N) is 4. The first-order valence-corrected chi connectivity index (χ1v) is 14.7. The molecule has 4 atom stereocenters. The van der Waals surface area contributed by atoms with Gasteiger partial charge in [0.15, 0.2) is 0 Å². The lowest BCUT2D eigenvalue weighted by atomic mass is 9.81. The zero-order valence-electron chi connectivity index (χ0n) is 22.5. The molecule has 1 aromatic heterocycles. The smallest absolute Gasteiger partial charge is 0.270 e. The second-order valence-electron chi connectivity index (χ2n) is 11.8. The molecule has 1 N–H and O–H groups in total. The van der Waals surface area contributed by atoms with Crippen LogP contribution in [0.4, 0.5) is 0 Å². The van der Waals surface area contributed by atoms with Gasteiger partial charge in [-0.05, 0) is 58.6 Å². The Balaban J connectivity index is 1.72. The summed E-state index contributed by atoms with van der Waals surface area (Å²) in [5, 5.41) is 7.37. The Morgan fingerprint density at radius 2 is 1.91 bits per heavy atom. The molecule has 2 amide bonds. The Bertz CT molecular complexity index is 1040. The number of carbonyl (C=O) groups excluding carboxylic acids is 2. The zero-order chi connectivity index (χ0) is 26.3. The van der Waals surface area contributed by atoms with Crippen LogP contribution in [-0.4, -0.2) is 89.6 Å². The van der Waals surface area contributed by atoms with E-state index < -0.39 is 15.9 Å². The molecule has 0 unspecified atom stereocenters. The van der Waals surface area contributed by atoms with Gasteiger partial charge in [0, 0.05) is 43.4 Å². The predicted molar refractivity (Wildman–Crippen MR) is 137 cm³/mol. The van der Waals surface area contributed by atoms with E-state index in [4.69, 9.17) is 0 Å². The van der Waals surface area contributed by atoms with Gasteiger partial charge in [0.25, 0.3) is 5.91 Å². The van der Waals surface area contributed by atoms with Crippen molar-refractivity contribution in [1.82, 2.24) is 24.9 Å². The Kier molecular flexibility index (Phi) is 8.06. The van der Waals surface area contributed by atoms with Crippen LogP contribution in [0.1, 0.15) is 76.5 Å². The average molecular weight is 510 g/mol. The number of rotatable bonds is 7. The van der Waals surface area contributed by atoms with E-state index in [0.717, 1.165) is 25.0 Å². The van der Waals surface area contributed by atoms with E-state index in [0.29, 0.717) is 30.7 Å². The summed E-state index contributed by atoms with van der Waals surface area (Å²) in [7, 11) is 0.626. The van der Waals surface area contributed by atoms with E-state index in [2.05, 4.69) is 36.2 Å². The Morgan fingerprint density at radius 1 is 1.26 bits per heavy atom. The predicted octanol–water partition coefficient (Wildman–Crippen LogP) is 1.97. The number of likely N-dealkylation sites (tertiary alicyclic amines) is 1. The summed E-state index contributed by atoms with van der Waals surface area (Å²) in [5.41, 5.74) is 1.05. The fraction of sp³-hybridized carbons (Fsp3) is 0.800. The lowest BCUT2D eigenvalue weighted by molar-refractivity contribution is -0.133. The van der Waals surface area contributed by atoms with Crippen molar-refractivity contribution in [2.24, 2.45) is 13.0 Å². The molecule has 2 heterocycles. The van der Waals surface area contributed by atoms with E-state index >= 15 is 0 Å². The van der Waals surface area contributed by atoms with Crippen LogP contribution >= 0.6 is 0 Å². The number of aromatic nitrogens is 2. The van der Waals surface area contributed by atoms with Crippen molar-refractivity contribution >= 4 is 21.7 Å². The molecule has 2 aliphatic rings. The van der Waals surface area contributed by atoms with E-state index in [1.807, 2.05) is 25.7 Å². The standard InChI is InChI=1S/C25H43N5O4S/c1-16(2)28(6)18-9-10-20(17(13-18)15-35(8,33)34)30-12-11-19(24(30)32)26-23(31)21-14-22(25(3,4)5)27-29(21)7/h14,16-20H,9-13,15H2,1-8H3,(H,26,31)/t17-,18+,19-,20-/m0/s1. The molecule has 10 heteroatoms. The van der Waals surface area contributed by atoms with Crippen molar-refractivity contribution in [2.75, 3.05) is 25.6 Å². The van der Waals surface area contributed by atoms with Gasteiger partial charge in [0.05, 0.1) is 11.4 Å². The molecule has 0 bridgehead atoms. The summed E-state index contributed by atoms with van der Waals surface area (Å²) in [6.45, 7) is 10.9. The molecular formula is C25H43N5O4S. The van der Waals surface area contributed by atoms with Gasteiger partial charge in [0.1, 0.15) is 21.6 Å². The van der Waals surface area contributed by atoms with Crippen molar-refractivity contribution in [3.05, 3.63) is 17.5 Å². The molecule has 1 aliphatic heterocycles. The molecule has 0 aromatic carbocycles. The SMILES string of the molecule is CC(C)N(C)[C@@H]1CC[C@H](N2CC[C@H](NC(=O)c3cc(C(C)(C)C)nn3C)C2=O)[C@H](CS(C)(=O)=O)C1. The molecule has 0 spiro atoms. The number of carbonyl (C=O) groups is 2. The minimum Gasteiger partial charge on any atom is -0.339 e. The minimum atomic E-state index is -3.19. The van der Waals surface area contributed by atoms with Crippen LogP contribution in [0.5, 0.6) is 0 Å². The molecule has 1 saturated heterocycles. The zero-order valence-corrected chi connectivity index (χ0v) is 23.4. The number of amides is 2. The Labute approximate surface area is 210 Å². The molecule has 35 heavy (non-hydrogen) atoms. The number of aryl methyl sites for hydroxylation is 1. The highest BCUT2D eigenvalue weighted by molar-refractivity contribution is 7.90. The maximum atomic E-state index is 13.4. The lowest BCUT2D eigenvalue weighted by Gasteiger charge is -2.44. The van der Waals surface area contributed by atoms with Crippen LogP contribution in [0.25, 0.3) is 0 Å². The highest BCUT2D eigenvalue weighted by Gasteiger charge is 2.44. The summed E-state index contributed by atoms with van der Waals surface area (Å²) >= 11 is 0. The molecule has 9 nitrogen and oxygen atoms in total. The Morgan fingerprint density at radius 3 is 2.46 bits per heavy atom. The van der Waals surface area contributed by atoms with Gasteiger partial charge in [-0.15, -0.1) is 0 Å². The highest BCUT2D eigenvalue weighted by atomic mass is 32.2. The average Bonchev–Trinajstić information content (AvgIpc) is 3.29. The van der Waals surface area contributed by atoms with Crippen LogP contribution in [-0.2, 0) is 27.1 Å². The van der Waals surface area contributed by atoms with Gasteiger partial charge in [-0.3, -0.25) is 14.3 Å². The fourth-order valence-electron chi connectivity index (χ4n) is 5.44. The highest BCUT2D eigenvalue weighted by Crippen LogP contribution is 2.35. The molecule has 3 rings (SSSR count). The van der Waals surface area contributed by atoms with Crippen LogP contribution in [0.2, 0.25) is 0 Å². The van der Waals surface area contributed by atoms with Crippen LogP contribution < -0.4 is 5.32 Å². The minimum absolute atomic E-state index is 0.0749. The summed E-state index contributed by atoms with van der Waals surface area (Å²) in [5.74, 6) is -0.470. The van der Waals surface area contributed by atoms with Gasteiger partial charge >= 0.3 is 0 Å². The van der Waals surface area contributed by atoms with Crippen molar-refractivity contribution in [3.63, 3.8) is 0 Å². The monoisotopic (exact) mass is 509 g/mol. The third kappa shape index (κ3) is 6.44. The normalized spacial score (nSPS) is 26.1. The van der Waals surface area contributed by atoms with Crippen molar-refractivity contribution < 1.29 is 18.0 Å². The van der Waals surface area contributed by atoms with Gasteiger partial charge in [-0.2, -0.15) is 5.10 Å². The van der Waals surface area contributed by atoms with E-state index in [1.54, 1.807) is 17.8 Å². The van der Waals surface area contributed by atoms with Gasteiger partial charge in [-0.25, -0.2) is 8.42 Å². The summed E-state index contributed by atoms with van der Waals surface area (Å²) in [6.07, 6.45) is 4.23. The number of hydrogen-bond donors (Lipinski definition) is 1. The topological polar surface area (TPSA) is 105 Å². The second-order valence-corrected chi connectivity index (χ2v) is 14.0. The number of sulfone groups is 1. The van der Waals surface area contributed by atoms with Crippen LogP contribution in [0.3, 0.4) is 0 Å². The second kappa shape index (κ2) is 10.2. The number of nitrogens with one attached hydrogen (secondary N) is 1. The maximum absolute atomic E-state index is 13.4. The van der Waals surface area contributed by atoms with Gasteiger partial charge in [-0.1, -0.05) is 20.8 Å². The first-order chi connectivity index (χ1) is 16.1. The quantitative estimate of drug-likeness (QED) is 0.603. The molecule has 2 fully saturated rings. The fourth-order valence-corrected chi connectivity index (χ4v) is 6.57. The van der Waals surface area contributed by atoms with Gasteiger partial charge < -0.3 is 15.1 Å². The molecule has 1 saturated carbocycles. The van der Waals surface area contributed by atoms with Crippen molar-refractivity contribution in [2.45, 2.75) is 89.9 Å². The third-order valence-corrected chi connectivity index (χ3v) is 8.68. The first kappa shape index (κ1) is 27.6. The lowest BCUT2D eigenvalue weighted by Crippen LogP contribution is -2.53. The van der Waals surface area contributed by atoms with E-state index in [9.17, 15) is 18.0 Å². The van der Waals surface area contributed by atoms with Gasteiger partial charge in [0.2, 0.25) is 5.91 Å². The largest absolute Gasteiger partial charge is 0.339 e. The maximum Gasteiger partial charge on any atom is 0.270 e. The van der Waals surface area contributed by atoms with Crippen molar-refractivity contribution in [3.8, 4) is 0 Å². The summed E-state index contributed by atoms with van der Waals surface area (Å²) < 4.78 is 26.0. The molecule has 0 radical (unpaired) electrons. The van der Waals surface area contributed by atoms with Crippen molar-refractivity contribution in [1.29, 1.82) is 0 Å². The molecule has 1 aliphatic carbocycles. The van der Waals surface area contributed by atoms with Crippen LogP contribution in [0.15, 0.2) is 6.07 Å². The summed E-state index contributed by atoms with van der Waals surface area (Å²) in [6, 6.07) is 1.72. The summed E-state index contributed by atoms with van der Waals surface area (Å²) in [4.78, 5) is 30.5. The third-order valence-electron chi connectivity index (χ3n) is 7.65. The Hall–Kier alpha value is -1.94. The van der Waals surface area contributed by atoms with E-state index in [1.165, 1.54) is 6.26 Å². The molecule has 1 aromatic rings. The number of hydrogen-bond acceptors (Lipinski definition) is 6. The van der Waals surface area contributed by atoms with E-state index in [-0.39, 0.29) is 34.9 Å².